The van der Waals surface area contributed by atoms with E-state index in [-0.39, 0.29) is 5.91 Å². The van der Waals surface area contributed by atoms with Gasteiger partial charge in [0.1, 0.15) is 6.17 Å². The van der Waals surface area contributed by atoms with Gasteiger partial charge in [-0.05, 0) is 30.7 Å². The van der Waals surface area contributed by atoms with Crippen LogP contribution in [0.4, 0.5) is 5.69 Å². The number of halogens is 4. The number of amides is 1. The molecule has 0 unspecified atom stereocenters. The van der Waals surface area contributed by atoms with Gasteiger partial charge >= 0.3 is 0 Å². The van der Waals surface area contributed by atoms with Gasteiger partial charge in [0.15, 0.2) is 0 Å². The number of carbonyl (C=O) groups is 1. The minimum atomic E-state index is -1.66. The third-order valence-corrected chi connectivity index (χ3v) is 3.17. The third-order valence-electron chi connectivity index (χ3n) is 2.26. The lowest BCUT2D eigenvalue weighted by Crippen LogP contribution is -2.49. The number of hydrogen-bond acceptors (Lipinski definition) is 2. The van der Waals surface area contributed by atoms with E-state index < -0.39 is 9.96 Å². The summed E-state index contributed by atoms with van der Waals surface area (Å²) in [7, 11) is 0. The number of hydrogen-bond donors (Lipinski definition) is 2. The summed E-state index contributed by atoms with van der Waals surface area (Å²) in [6.07, 6.45) is 0.275. The average molecular weight is 344 g/mol. The molecule has 1 aromatic rings. The summed E-state index contributed by atoms with van der Waals surface area (Å²) in [4.78, 5) is 11.6. The number of alkyl halides is 3. The highest BCUT2D eigenvalue weighted by atomic mass is 35.6. The molecule has 3 nitrogen and oxygen atoms in total. The SMILES string of the molecule is CCCC(=O)N[C@@H](Nc1ccc(Cl)cc1)C(Cl)(Cl)Cl. The molecular formula is C12H14Cl4N2O. The molecule has 0 spiro atoms. The van der Waals surface area contributed by atoms with Crippen LogP contribution in [0.1, 0.15) is 19.8 Å². The summed E-state index contributed by atoms with van der Waals surface area (Å²) in [5.74, 6) is -0.180. The minimum Gasteiger partial charge on any atom is -0.362 e. The Kier molecular flexibility index (Phi) is 6.54. The monoisotopic (exact) mass is 342 g/mol. The highest BCUT2D eigenvalue weighted by molar-refractivity contribution is 6.68. The fourth-order valence-electron chi connectivity index (χ4n) is 1.37. The van der Waals surface area contributed by atoms with E-state index in [9.17, 15) is 4.79 Å². The highest BCUT2D eigenvalue weighted by Gasteiger charge is 2.33. The van der Waals surface area contributed by atoms with Crippen LogP contribution in [0.15, 0.2) is 24.3 Å². The summed E-state index contributed by atoms with van der Waals surface area (Å²) in [6.45, 7) is 1.90. The van der Waals surface area contributed by atoms with Crippen LogP contribution in [0.2, 0.25) is 5.02 Å². The summed E-state index contributed by atoms with van der Waals surface area (Å²) in [5, 5.41) is 6.19. The first kappa shape index (κ1) is 16.7. The van der Waals surface area contributed by atoms with Crippen molar-refractivity contribution in [1.82, 2.24) is 5.32 Å². The van der Waals surface area contributed by atoms with E-state index in [1.165, 1.54) is 0 Å². The topological polar surface area (TPSA) is 41.1 Å². The predicted molar refractivity (Wildman–Crippen MR) is 82.2 cm³/mol. The molecule has 0 heterocycles. The van der Waals surface area contributed by atoms with Gasteiger partial charge in [0.05, 0.1) is 0 Å². The molecule has 19 heavy (non-hydrogen) atoms. The van der Waals surface area contributed by atoms with Crippen LogP contribution in [-0.2, 0) is 4.79 Å². The van der Waals surface area contributed by atoms with Gasteiger partial charge in [0.2, 0.25) is 9.70 Å². The van der Waals surface area contributed by atoms with E-state index in [2.05, 4.69) is 10.6 Å². The second-order valence-corrected chi connectivity index (χ2v) is 6.75. The van der Waals surface area contributed by atoms with E-state index in [0.29, 0.717) is 17.1 Å². The van der Waals surface area contributed by atoms with Crippen LogP contribution >= 0.6 is 46.4 Å². The van der Waals surface area contributed by atoms with E-state index in [1.807, 2.05) is 6.92 Å². The van der Waals surface area contributed by atoms with Crippen molar-refractivity contribution in [3.8, 4) is 0 Å². The van der Waals surface area contributed by atoms with Crippen LogP contribution in [0.5, 0.6) is 0 Å². The zero-order valence-electron chi connectivity index (χ0n) is 10.2. The number of rotatable bonds is 5. The summed E-state index contributed by atoms with van der Waals surface area (Å²) < 4.78 is -1.66. The Labute approximate surface area is 132 Å². The van der Waals surface area contributed by atoms with E-state index in [4.69, 9.17) is 46.4 Å². The van der Waals surface area contributed by atoms with Crippen molar-refractivity contribution >= 4 is 58.0 Å². The Balaban J connectivity index is 2.75. The van der Waals surface area contributed by atoms with Crippen molar-refractivity contribution in [3.05, 3.63) is 29.3 Å². The van der Waals surface area contributed by atoms with Crippen molar-refractivity contribution in [3.63, 3.8) is 0 Å². The molecule has 1 aromatic carbocycles. The van der Waals surface area contributed by atoms with Gasteiger partial charge in [0, 0.05) is 17.1 Å². The van der Waals surface area contributed by atoms with Crippen LogP contribution in [0.3, 0.4) is 0 Å². The zero-order chi connectivity index (χ0) is 14.5. The van der Waals surface area contributed by atoms with Gasteiger partial charge in [-0.25, -0.2) is 0 Å². The Bertz CT molecular complexity index is 417. The maximum atomic E-state index is 11.6. The van der Waals surface area contributed by atoms with Gasteiger partial charge in [-0.1, -0.05) is 53.3 Å². The molecule has 7 heteroatoms. The van der Waals surface area contributed by atoms with Crippen molar-refractivity contribution in [2.75, 3.05) is 5.32 Å². The molecular weight excluding hydrogens is 330 g/mol. The van der Waals surface area contributed by atoms with Gasteiger partial charge in [-0.2, -0.15) is 0 Å². The fourth-order valence-corrected chi connectivity index (χ4v) is 1.83. The van der Waals surface area contributed by atoms with Crippen LogP contribution in [-0.4, -0.2) is 15.9 Å². The lowest BCUT2D eigenvalue weighted by molar-refractivity contribution is -0.121. The summed E-state index contributed by atoms with van der Waals surface area (Å²) >= 11 is 23.3. The van der Waals surface area contributed by atoms with Crippen LogP contribution < -0.4 is 10.6 Å². The van der Waals surface area contributed by atoms with Crippen LogP contribution in [0, 0.1) is 0 Å². The molecule has 2 N–H and O–H groups in total. The first-order valence-corrected chi connectivity index (χ1v) is 7.22. The van der Waals surface area contributed by atoms with E-state index in [1.54, 1.807) is 24.3 Å². The Morgan fingerprint density at radius 2 is 1.84 bits per heavy atom. The average Bonchev–Trinajstić information content (AvgIpc) is 2.30. The molecule has 0 saturated carbocycles. The maximum Gasteiger partial charge on any atom is 0.228 e. The Morgan fingerprint density at radius 3 is 2.32 bits per heavy atom. The number of anilines is 1. The molecule has 0 fully saturated rings. The lowest BCUT2D eigenvalue weighted by Gasteiger charge is -2.27. The second kappa shape index (κ2) is 7.44. The largest absolute Gasteiger partial charge is 0.362 e. The molecule has 0 aromatic heterocycles. The van der Waals surface area contributed by atoms with Crippen molar-refractivity contribution < 1.29 is 4.79 Å². The smallest absolute Gasteiger partial charge is 0.228 e. The lowest BCUT2D eigenvalue weighted by atomic mass is 10.3. The van der Waals surface area contributed by atoms with Gasteiger partial charge in [-0.15, -0.1) is 0 Å². The second-order valence-electron chi connectivity index (χ2n) is 3.94. The number of carbonyl (C=O) groups excluding carboxylic acids is 1. The molecule has 0 aliphatic heterocycles. The van der Waals surface area contributed by atoms with Gasteiger partial charge in [-0.3, -0.25) is 4.79 Å². The quantitative estimate of drug-likeness (QED) is 0.615. The van der Waals surface area contributed by atoms with Crippen molar-refractivity contribution in [2.24, 2.45) is 0 Å². The molecule has 1 amide bonds. The normalized spacial score (nSPS) is 12.9. The van der Waals surface area contributed by atoms with E-state index in [0.717, 1.165) is 6.42 Å². The zero-order valence-corrected chi connectivity index (χ0v) is 13.2. The summed E-state index contributed by atoms with van der Waals surface area (Å²) in [6, 6.07) is 6.87. The molecule has 1 rings (SSSR count). The van der Waals surface area contributed by atoms with E-state index >= 15 is 0 Å². The molecule has 106 valence electrons. The van der Waals surface area contributed by atoms with Gasteiger partial charge < -0.3 is 10.6 Å². The molecule has 0 aliphatic carbocycles. The third kappa shape index (κ3) is 6.09. The molecule has 0 bridgehead atoms. The van der Waals surface area contributed by atoms with Crippen molar-refractivity contribution in [2.45, 2.75) is 29.7 Å². The standard InChI is InChI=1S/C12H14Cl4N2O/c1-2-3-10(19)18-11(12(14,15)16)17-9-6-4-8(13)5-7-9/h4-7,11,17H,2-3H2,1H3,(H,18,19)/t11-/m1/s1. The van der Waals surface area contributed by atoms with Crippen molar-refractivity contribution in [1.29, 1.82) is 0 Å². The molecule has 1 atom stereocenters. The molecule has 0 saturated heterocycles. The number of benzene rings is 1. The predicted octanol–water partition coefficient (Wildman–Crippen LogP) is 4.36. The first-order chi connectivity index (χ1) is 8.82. The molecule has 0 radical (unpaired) electrons. The summed E-state index contributed by atoms with van der Waals surface area (Å²) in [5.41, 5.74) is 0.692. The Morgan fingerprint density at radius 1 is 1.26 bits per heavy atom. The highest BCUT2D eigenvalue weighted by Crippen LogP contribution is 2.31. The van der Waals surface area contributed by atoms with Crippen LogP contribution in [0.25, 0.3) is 0 Å². The maximum absolute atomic E-state index is 11.6. The minimum absolute atomic E-state index is 0.180. The number of nitrogens with one attached hydrogen (secondary N) is 2. The first-order valence-electron chi connectivity index (χ1n) is 5.71. The van der Waals surface area contributed by atoms with Gasteiger partial charge in [0.25, 0.3) is 0 Å². The Hall–Kier alpha value is -0.350. The fraction of sp³-hybridized carbons (Fsp3) is 0.417. The molecule has 0 aliphatic rings.